The molecule has 0 aliphatic carbocycles. The minimum absolute atomic E-state index is 0.185. The number of ether oxygens (including phenoxy) is 2. The first kappa shape index (κ1) is 17.0. The summed E-state index contributed by atoms with van der Waals surface area (Å²) >= 11 is 1.60. The maximum atomic E-state index is 12.3. The van der Waals surface area contributed by atoms with Gasteiger partial charge in [0.15, 0.2) is 0 Å². The molecule has 1 aromatic carbocycles. The Kier molecular flexibility index (Phi) is 5.57. The summed E-state index contributed by atoms with van der Waals surface area (Å²) in [6.45, 7) is 2.19. The Morgan fingerprint density at radius 3 is 2.32 bits per heavy atom. The predicted octanol–water partition coefficient (Wildman–Crippen LogP) is 2.73. The minimum atomic E-state index is -3.57. The molecule has 120 valence electrons. The van der Waals surface area contributed by atoms with E-state index in [0.29, 0.717) is 5.75 Å². The summed E-state index contributed by atoms with van der Waals surface area (Å²) in [6, 6.07) is 10.2. The van der Waals surface area contributed by atoms with Gasteiger partial charge in [0.2, 0.25) is 10.0 Å². The molecular formula is C15H19NO4S2. The summed E-state index contributed by atoms with van der Waals surface area (Å²) in [4.78, 5) is 2.36. The van der Waals surface area contributed by atoms with E-state index >= 15 is 0 Å². The maximum Gasteiger partial charge on any atom is 0.240 e. The normalized spacial score (nSPS) is 13.0. The van der Waals surface area contributed by atoms with Gasteiger partial charge < -0.3 is 9.47 Å². The van der Waals surface area contributed by atoms with Crippen molar-refractivity contribution < 1.29 is 17.9 Å². The van der Waals surface area contributed by atoms with Crippen molar-refractivity contribution >= 4 is 21.4 Å². The van der Waals surface area contributed by atoms with Crippen LogP contribution in [0.15, 0.2) is 41.3 Å². The summed E-state index contributed by atoms with van der Waals surface area (Å²) in [6.07, 6.45) is -0.299. The number of methoxy groups -OCH3 is 2. The van der Waals surface area contributed by atoms with E-state index in [-0.39, 0.29) is 17.5 Å². The molecule has 1 aromatic heterocycles. The van der Waals surface area contributed by atoms with Gasteiger partial charge >= 0.3 is 0 Å². The highest BCUT2D eigenvalue weighted by molar-refractivity contribution is 7.89. The number of thiophene rings is 1. The first-order chi connectivity index (χ1) is 10.5. The Morgan fingerprint density at radius 1 is 1.14 bits per heavy atom. The van der Waals surface area contributed by atoms with Crippen molar-refractivity contribution in [2.75, 3.05) is 20.8 Å². The van der Waals surface area contributed by atoms with Crippen LogP contribution in [0, 0.1) is 6.92 Å². The fraction of sp³-hybridized carbons (Fsp3) is 0.333. The number of nitrogens with one attached hydrogen (secondary N) is 1. The third kappa shape index (κ3) is 4.07. The van der Waals surface area contributed by atoms with Gasteiger partial charge in [-0.3, -0.25) is 0 Å². The highest BCUT2D eigenvalue weighted by Gasteiger charge is 2.19. The average molecular weight is 341 g/mol. The van der Waals surface area contributed by atoms with Crippen molar-refractivity contribution in [3.8, 4) is 5.75 Å². The van der Waals surface area contributed by atoms with Crippen LogP contribution in [0.3, 0.4) is 0 Å². The fourth-order valence-electron chi connectivity index (χ4n) is 1.95. The second-order valence-electron chi connectivity index (χ2n) is 4.70. The third-order valence-corrected chi connectivity index (χ3v) is 5.72. The highest BCUT2D eigenvalue weighted by Crippen LogP contribution is 2.25. The van der Waals surface area contributed by atoms with Crippen LogP contribution in [0.1, 0.15) is 15.9 Å². The molecule has 2 rings (SSSR count). The molecule has 0 aliphatic rings. The van der Waals surface area contributed by atoms with Crippen LogP contribution in [-0.4, -0.2) is 29.2 Å². The Bertz CT molecular complexity index is 707. The van der Waals surface area contributed by atoms with E-state index in [1.54, 1.807) is 30.6 Å². The summed E-state index contributed by atoms with van der Waals surface area (Å²) in [5.74, 6) is 0.614. The summed E-state index contributed by atoms with van der Waals surface area (Å²) < 4.78 is 37.6. The SMILES string of the molecule is COc1ccc(S(=O)(=O)NCC(OC)c2ccc(C)s2)cc1. The number of benzene rings is 1. The number of hydrogen-bond donors (Lipinski definition) is 1. The fourth-order valence-corrected chi connectivity index (χ4v) is 3.94. The van der Waals surface area contributed by atoms with Crippen LogP contribution in [-0.2, 0) is 14.8 Å². The van der Waals surface area contributed by atoms with E-state index in [1.807, 2.05) is 19.1 Å². The van der Waals surface area contributed by atoms with Gasteiger partial charge in [-0.15, -0.1) is 11.3 Å². The number of aryl methyl sites for hydroxylation is 1. The van der Waals surface area contributed by atoms with Gasteiger partial charge in [-0.05, 0) is 43.3 Å². The molecule has 0 saturated heterocycles. The van der Waals surface area contributed by atoms with Crippen molar-refractivity contribution in [1.82, 2.24) is 4.72 Å². The zero-order valence-electron chi connectivity index (χ0n) is 12.7. The lowest BCUT2D eigenvalue weighted by Gasteiger charge is -2.15. The molecule has 0 fully saturated rings. The summed E-state index contributed by atoms with van der Waals surface area (Å²) in [7, 11) is -0.466. The smallest absolute Gasteiger partial charge is 0.240 e. The molecule has 1 heterocycles. The van der Waals surface area contributed by atoms with Gasteiger partial charge in [0.05, 0.1) is 12.0 Å². The Morgan fingerprint density at radius 2 is 1.82 bits per heavy atom. The topological polar surface area (TPSA) is 64.6 Å². The minimum Gasteiger partial charge on any atom is -0.497 e. The number of sulfonamides is 1. The van der Waals surface area contributed by atoms with Crippen molar-refractivity contribution in [2.45, 2.75) is 17.9 Å². The largest absolute Gasteiger partial charge is 0.497 e. The van der Waals surface area contributed by atoms with Gasteiger partial charge in [0.25, 0.3) is 0 Å². The molecule has 0 radical (unpaired) electrons. The van der Waals surface area contributed by atoms with Gasteiger partial charge in [-0.1, -0.05) is 0 Å². The van der Waals surface area contributed by atoms with Gasteiger partial charge in [-0.25, -0.2) is 13.1 Å². The summed E-state index contributed by atoms with van der Waals surface area (Å²) in [5.41, 5.74) is 0. The molecule has 5 nitrogen and oxygen atoms in total. The molecule has 1 unspecified atom stereocenters. The van der Waals surface area contributed by atoms with Crippen LogP contribution >= 0.6 is 11.3 Å². The number of rotatable bonds is 7. The zero-order valence-corrected chi connectivity index (χ0v) is 14.3. The number of hydrogen-bond acceptors (Lipinski definition) is 5. The Hall–Kier alpha value is -1.41. The van der Waals surface area contributed by atoms with Gasteiger partial charge in [-0.2, -0.15) is 0 Å². The first-order valence-corrected chi connectivity index (χ1v) is 8.99. The maximum absolute atomic E-state index is 12.3. The monoisotopic (exact) mass is 341 g/mol. The molecule has 0 saturated carbocycles. The third-order valence-electron chi connectivity index (χ3n) is 3.19. The van der Waals surface area contributed by atoms with Crippen molar-refractivity contribution in [3.63, 3.8) is 0 Å². The molecule has 22 heavy (non-hydrogen) atoms. The quantitative estimate of drug-likeness (QED) is 0.841. The van der Waals surface area contributed by atoms with E-state index in [0.717, 1.165) is 9.75 Å². The van der Waals surface area contributed by atoms with E-state index in [4.69, 9.17) is 9.47 Å². The molecule has 2 aromatic rings. The predicted molar refractivity (Wildman–Crippen MR) is 87.0 cm³/mol. The van der Waals surface area contributed by atoms with Crippen molar-refractivity contribution in [2.24, 2.45) is 0 Å². The molecule has 1 atom stereocenters. The van der Waals surface area contributed by atoms with E-state index in [9.17, 15) is 8.42 Å². The highest BCUT2D eigenvalue weighted by atomic mass is 32.2. The van der Waals surface area contributed by atoms with Crippen molar-refractivity contribution in [1.29, 1.82) is 0 Å². The molecule has 7 heteroatoms. The Balaban J connectivity index is 2.07. The van der Waals surface area contributed by atoms with E-state index in [1.165, 1.54) is 19.2 Å². The second-order valence-corrected chi connectivity index (χ2v) is 7.79. The lowest BCUT2D eigenvalue weighted by molar-refractivity contribution is 0.110. The average Bonchev–Trinajstić information content (AvgIpc) is 2.94. The van der Waals surface area contributed by atoms with Gasteiger partial charge in [0, 0.05) is 23.4 Å². The molecule has 0 amide bonds. The van der Waals surface area contributed by atoms with Crippen LogP contribution in [0.4, 0.5) is 0 Å². The Labute approximate surface area is 134 Å². The lowest BCUT2D eigenvalue weighted by atomic mass is 10.3. The standard InChI is InChI=1S/C15H19NO4S2/c1-11-4-9-15(21-11)14(20-3)10-16-22(17,18)13-7-5-12(19-2)6-8-13/h4-9,14,16H,10H2,1-3H3. The lowest BCUT2D eigenvalue weighted by Crippen LogP contribution is -2.29. The molecule has 0 aliphatic heterocycles. The van der Waals surface area contributed by atoms with Crippen LogP contribution in [0.5, 0.6) is 5.75 Å². The molecule has 1 N–H and O–H groups in total. The first-order valence-electron chi connectivity index (χ1n) is 6.69. The van der Waals surface area contributed by atoms with Gasteiger partial charge in [0.1, 0.15) is 11.9 Å². The summed E-state index contributed by atoms with van der Waals surface area (Å²) in [5, 5.41) is 0. The molecule has 0 spiro atoms. The van der Waals surface area contributed by atoms with E-state index in [2.05, 4.69) is 4.72 Å². The van der Waals surface area contributed by atoms with Crippen LogP contribution in [0.2, 0.25) is 0 Å². The molecular weight excluding hydrogens is 322 g/mol. The zero-order chi connectivity index (χ0) is 16.2. The van der Waals surface area contributed by atoms with Crippen LogP contribution < -0.4 is 9.46 Å². The van der Waals surface area contributed by atoms with Crippen molar-refractivity contribution in [3.05, 3.63) is 46.2 Å². The van der Waals surface area contributed by atoms with E-state index < -0.39 is 10.0 Å². The second kappa shape index (κ2) is 7.23. The molecule has 0 bridgehead atoms. The van der Waals surface area contributed by atoms with Crippen LogP contribution in [0.25, 0.3) is 0 Å².